The van der Waals surface area contributed by atoms with Crippen LogP contribution in [0.5, 0.6) is 0 Å². The monoisotopic (exact) mass is 349 g/mol. The first-order valence-corrected chi connectivity index (χ1v) is 11.1. The third-order valence-electron chi connectivity index (χ3n) is 3.90. The average Bonchev–Trinajstić information content (AvgIpc) is 2.49. The molecule has 1 unspecified atom stereocenters. The van der Waals surface area contributed by atoms with Gasteiger partial charge in [-0.15, -0.1) is 0 Å². The molecule has 2 N–H and O–H groups in total. The van der Waals surface area contributed by atoms with E-state index in [1.165, 1.54) is 70.6 Å². The Morgan fingerprint density at radius 3 is 1.91 bits per heavy atom. The number of hydrogen-bond donors (Lipinski definition) is 2. The molecule has 0 saturated heterocycles. The zero-order valence-corrected chi connectivity index (χ0v) is 16.2. The minimum absolute atomic E-state index is 0.402. The molecule has 0 fully saturated rings. The largest absolute Gasteiger partial charge is 0.380 e. The molecule has 0 radical (unpaired) electrons. The summed E-state index contributed by atoms with van der Waals surface area (Å²) in [7, 11) is -2.30. The van der Waals surface area contributed by atoms with Gasteiger partial charge in [-0.25, -0.2) is 0 Å². The first-order chi connectivity index (χ1) is 10.7. The summed E-state index contributed by atoms with van der Waals surface area (Å²) in [6.45, 7) is 2.99. The van der Waals surface area contributed by atoms with Crippen molar-refractivity contribution < 1.29 is 9.46 Å². The molecule has 0 heterocycles. The Labute approximate surface area is 143 Å². The van der Waals surface area contributed by atoms with E-state index in [9.17, 15) is 4.57 Å². The van der Waals surface area contributed by atoms with Crippen molar-refractivity contribution in [2.24, 2.45) is 0 Å². The molecule has 0 saturated carbocycles. The standard InChI is InChI=1S/C17H36NO2PS/c1-2-3-4-5-6-7-8-9-10-11-12-14-17(22)18-15-13-16-21(19)20/h21H,2-16H2,1H3,(H,18,22)(H,19,20). The SMILES string of the molecule is CCCCCCCCCCCCCC(=S)NCCC[PH](=O)O. The lowest BCUT2D eigenvalue weighted by atomic mass is 10.1. The van der Waals surface area contributed by atoms with E-state index in [4.69, 9.17) is 17.1 Å². The fourth-order valence-corrected chi connectivity index (χ4v) is 3.23. The number of hydrogen-bond acceptors (Lipinski definition) is 2. The van der Waals surface area contributed by atoms with Gasteiger partial charge in [-0.2, -0.15) is 0 Å². The lowest BCUT2D eigenvalue weighted by molar-refractivity contribution is 0.501. The predicted molar refractivity (Wildman–Crippen MR) is 102 cm³/mol. The third kappa shape index (κ3) is 18.1. The van der Waals surface area contributed by atoms with E-state index in [1.54, 1.807) is 0 Å². The average molecular weight is 350 g/mol. The molecule has 22 heavy (non-hydrogen) atoms. The second-order valence-electron chi connectivity index (χ2n) is 6.13. The zero-order chi connectivity index (χ0) is 16.5. The smallest absolute Gasteiger partial charge is 0.189 e. The van der Waals surface area contributed by atoms with E-state index < -0.39 is 8.03 Å². The van der Waals surface area contributed by atoms with Gasteiger partial charge in [0.1, 0.15) is 0 Å². The molecule has 0 aliphatic rings. The van der Waals surface area contributed by atoms with E-state index in [0.29, 0.717) is 6.16 Å². The van der Waals surface area contributed by atoms with Gasteiger partial charge in [-0.1, -0.05) is 83.3 Å². The van der Waals surface area contributed by atoms with Crippen LogP contribution in [-0.4, -0.2) is 22.6 Å². The molecule has 0 spiro atoms. The maximum Gasteiger partial charge on any atom is 0.189 e. The third-order valence-corrected chi connectivity index (χ3v) is 5.03. The fourth-order valence-electron chi connectivity index (χ4n) is 2.51. The molecule has 5 heteroatoms. The first kappa shape index (κ1) is 22.1. The topological polar surface area (TPSA) is 49.3 Å². The second kappa shape index (κ2) is 17.4. The van der Waals surface area contributed by atoms with Gasteiger partial charge in [0.25, 0.3) is 0 Å². The highest BCUT2D eigenvalue weighted by Crippen LogP contribution is 2.13. The van der Waals surface area contributed by atoms with E-state index in [-0.39, 0.29) is 0 Å². The number of thiocarbonyl (C=S) groups is 1. The molecular formula is C17H36NO2PS. The second-order valence-corrected chi connectivity index (χ2v) is 7.91. The van der Waals surface area contributed by atoms with Gasteiger partial charge in [0.2, 0.25) is 0 Å². The van der Waals surface area contributed by atoms with Crippen molar-refractivity contribution in [2.45, 2.75) is 90.4 Å². The Morgan fingerprint density at radius 2 is 1.41 bits per heavy atom. The van der Waals surface area contributed by atoms with Gasteiger partial charge in [0.15, 0.2) is 8.03 Å². The van der Waals surface area contributed by atoms with Crippen molar-refractivity contribution in [3.8, 4) is 0 Å². The van der Waals surface area contributed by atoms with Crippen LogP contribution in [0.15, 0.2) is 0 Å². The summed E-state index contributed by atoms with van der Waals surface area (Å²) < 4.78 is 10.6. The van der Waals surface area contributed by atoms with Crippen LogP contribution in [0.4, 0.5) is 0 Å². The Balaban J connectivity index is 3.15. The van der Waals surface area contributed by atoms with E-state index in [0.717, 1.165) is 24.4 Å². The molecule has 3 nitrogen and oxygen atoms in total. The van der Waals surface area contributed by atoms with Crippen molar-refractivity contribution in [3.63, 3.8) is 0 Å². The van der Waals surface area contributed by atoms with Gasteiger partial charge in [-0.05, 0) is 19.3 Å². The maximum atomic E-state index is 10.6. The van der Waals surface area contributed by atoms with Gasteiger partial charge >= 0.3 is 0 Å². The minimum Gasteiger partial charge on any atom is -0.380 e. The summed E-state index contributed by atoms with van der Waals surface area (Å²) in [5, 5.41) is 3.17. The summed E-state index contributed by atoms with van der Waals surface area (Å²) in [4.78, 5) is 9.63. The molecule has 0 rings (SSSR count). The molecule has 0 bridgehead atoms. The van der Waals surface area contributed by atoms with Gasteiger partial charge < -0.3 is 10.2 Å². The number of rotatable bonds is 16. The highest BCUT2D eigenvalue weighted by Gasteiger charge is 1.98. The summed E-state index contributed by atoms with van der Waals surface area (Å²) in [5.74, 6) is 0. The van der Waals surface area contributed by atoms with Crippen molar-refractivity contribution >= 4 is 25.2 Å². The summed E-state index contributed by atoms with van der Waals surface area (Å²) in [6, 6.07) is 0. The molecule has 132 valence electrons. The van der Waals surface area contributed by atoms with Crippen LogP contribution in [-0.2, 0) is 4.57 Å². The van der Waals surface area contributed by atoms with Crippen LogP contribution < -0.4 is 5.32 Å². The molecule has 0 aromatic heterocycles. The lowest BCUT2D eigenvalue weighted by Crippen LogP contribution is -2.22. The summed E-state index contributed by atoms with van der Waals surface area (Å²) in [6.07, 6.45) is 17.0. The van der Waals surface area contributed by atoms with Crippen LogP contribution in [0.2, 0.25) is 0 Å². The lowest BCUT2D eigenvalue weighted by Gasteiger charge is -2.07. The minimum atomic E-state index is -2.30. The van der Waals surface area contributed by atoms with Crippen LogP contribution in [0.25, 0.3) is 0 Å². The molecule has 0 aliphatic carbocycles. The van der Waals surface area contributed by atoms with Crippen molar-refractivity contribution in [3.05, 3.63) is 0 Å². The Bertz CT molecular complexity index is 288. The summed E-state index contributed by atoms with van der Waals surface area (Å²) in [5.41, 5.74) is 0. The zero-order valence-electron chi connectivity index (χ0n) is 14.4. The van der Waals surface area contributed by atoms with Gasteiger partial charge in [-0.3, -0.25) is 4.57 Å². The maximum absolute atomic E-state index is 10.6. The Hall–Kier alpha value is 0.0800. The van der Waals surface area contributed by atoms with Crippen molar-refractivity contribution in [2.75, 3.05) is 12.7 Å². The molecule has 0 aliphatic heterocycles. The summed E-state index contributed by atoms with van der Waals surface area (Å²) >= 11 is 5.26. The van der Waals surface area contributed by atoms with Gasteiger partial charge in [0, 0.05) is 12.7 Å². The molecular weight excluding hydrogens is 313 g/mol. The van der Waals surface area contributed by atoms with Crippen LogP contribution in [0.3, 0.4) is 0 Å². The van der Waals surface area contributed by atoms with E-state index in [1.807, 2.05) is 0 Å². The highest BCUT2D eigenvalue weighted by molar-refractivity contribution is 7.80. The first-order valence-electron chi connectivity index (χ1n) is 9.15. The number of unbranched alkanes of at least 4 members (excludes halogenated alkanes) is 10. The molecule has 1 atom stereocenters. The van der Waals surface area contributed by atoms with Crippen LogP contribution >= 0.6 is 20.2 Å². The molecule has 0 aromatic carbocycles. The normalized spacial score (nSPS) is 12.3. The highest BCUT2D eigenvalue weighted by atomic mass is 32.1. The van der Waals surface area contributed by atoms with Crippen LogP contribution in [0, 0.1) is 0 Å². The predicted octanol–water partition coefficient (Wildman–Crippen LogP) is 5.46. The van der Waals surface area contributed by atoms with Crippen molar-refractivity contribution in [1.29, 1.82) is 0 Å². The van der Waals surface area contributed by atoms with Crippen molar-refractivity contribution in [1.82, 2.24) is 5.32 Å². The quantitative estimate of drug-likeness (QED) is 0.221. The van der Waals surface area contributed by atoms with E-state index in [2.05, 4.69) is 12.2 Å². The number of nitrogens with one attached hydrogen (secondary N) is 1. The Morgan fingerprint density at radius 1 is 0.909 bits per heavy atom. The molecule has 0 aromatic rings. The van der Waals surface area contributed by atoms with E-state index >= 15 is 0 Å². The van der Waals surface area contributed by atoms with Gasteiger partial charge in [0.05, 0.1) is 4.99 Å². The Kier molecular flexibility index (Phi) is 17.5. The fraction of sp³-hybridized carbons (Fsp3) is 0.941. The molecule has 0 amide bonds. The van der Waals surface area contributed by atoms with Crippen LogP contribution in [0.1, 0.15) is 90.4 Å².